The van der Waals surface area contributed by atoms with E-state index in [1.165, 1.54) is 212 Å². The van der Waals surface area contributed by atoms with Gasteiger partial charge in [-0.3, -0.25) is 0 Å². The van der Waals surface area contributed by atoms with Crippen molar-refractivity contribution in [3.63, 3.8) is 0 Å². The van der Waals surface area contributed by atoms with Gasteiger partial charge in [0, 0.05) is 31.7 Å². The third-order valence-electron chi connectivity index (χ3n) is 9.71. The molecule has 0 heterocycles. The highest BCUT2D eigenvalue weighted by Crippen LogP contribution is 2.21. The molecule has 0 spiro atoms. The van der Waals surface area contributed by atoms with E-state index in [-0.39, 0.29) is 0 Å². The summed E-state index contributed by atoms with van der Waals surface area (Å²) in [5.74, 6) is 0.842. The first-order valence-electron chi connectivity index (χ1n) is 21.2. The van der Waals surface area contributed by atoms with E-state index in [4.69, 9.17) is 24.9 Å². The summed E-state index contributed by atoms with van der Waals surface area (Å²) < 4.78 is 17.9. The van der Waals surface area contributed by atoms with Gasteiger partial charge in [0.2, 0.25) is 0 Å². The lowest BCUT2D eigenvalue weighted by atomic mass is 10.0. The van der Waals surface area contributed by atoms with Crippen LogP contribution in [-0.4, -0.2) is 34.5 Å². The molecule has 0 unspecified atom stereocenters. The second-order valence-corrected chi connectivity index (χ2v) is 17.2. The van der Waals surface area contributed by atoms with Gasteiger partial charge in [-0.05, 0) is 33.6 Å². The van der Waals surface area contributed by atoms with E-state index in [0.717, 1.165) is 11.9 Å². The van der Waals surface area contributed by atoms with Crippen LogP contribution in [0.25, 0.3) is 0 Å². The van der Waals surface area contributed by atoms with Gasteiger partial charge in [-0.25, -0.2) is 0 Å². The highest BCUT2D eigenvalue weighted by atomic mass is 35.5. The molecule has 0 aliphatic heterocycles. The van der Waals surface area contributed by atoms with Crippen LogP contribution < -0.4 is 0 Å². The van der Waals surface area contributed by atoms with Crippen molar-refractivity contribution in [2.75, 3.05) is 25.7 Å². The molecule has 0 aromatic heterocycles. The van der Waals surface area contributed by atoms with E-state index in [2.05, 4.69) is 0 Å². The van der Waals surface area contributed by atoms with Gasteiger partial charge in [-0.2, -0.15) is 0 Å². The Labute approximate surface area is 297 Å². The second-order valence-electron chi connectivity index (χ2n) is 14.1. The molecule has 0 saturated carbocycles. The number of rotatable bonds is 41. The van der Waals surface area contributed by atoms with Crippen LogP contribution in [0, 0.1) is 0 Å². The fourth-order valence-electron chi connectivity index (χ4n) is 6.92. The third-order valence-corrected chi connectivity index (χ3v) is 13.1. The standard InChI is InChI=1S/C41H85ClO3Si/c1-4-43-46(44-5-2,45-6-3)41-39-37-35-33-31-29-27-25-23-21-19-17-15-13-11-9-7-8-10-12-14-16-18-20-22-24-26-28-30-32-34-36-38-40-42/h4-41H2,1-3H3. The summed E-state index contributed by atoms with van der Waals surface area (Å²) in [5.41, 5.74) is 0. The third kappa shape index (κ3) is 34.3. The summed E-state index contributed by atoms with van der Waals surface area (Å²) in [6, 6.07) is 0.973. The van der Waals surface area contributed by atoms with E-state index in [9.17, 15) is 0 Å². The van der Waals surface area contributed by atoms with Crippen molar-refractivity contribution in [3.05, 3.63) is 0 Å². The van der Waals surface area contributed by atoms with Crippen molar-refractivity contribution in [1.29, 1.82) is 0 Å². The summed E-state index contributed by atoms with van der Waals surface area (Å²) >= 11 is 5.74. The zero-order valence-electron chi connectivity index (χ0n) is 32.0. The van der Waals surface area contributed by atoms with Gasteiger partial charge in [0.1, 0.15) is 0 Å². The fourth-order valence-corrected chi connectivity index (χ4v) is 9.79. The topological polar surface area (TPSA) is 27.7 Å². The fraction of sp³-hybridized carbons (Fsp3) is 1.00. The van der Waals surface area contributed by atoms with E-state index in [1.54, 1.807) is 0 Å². The highest BCUT2D eigenvalue weighted by Gasteiger charge is 2.39. The SMILES string of the molecule is CCO[Si](CCCCCCCCCCCCCCCCCCCCCCCCCCCCCCCCCCCCl)(OCC)OCC. The Hall–Kier alpha value is 0.387. The Bertz CT molecular complexity index is 533. The number of hydrogen-bond donors (Lipinski definition) is 0. The quantitative estimate of drug-likeness (QED) is 0.0363. The van der Waals surface area contributed by atoms with Crippen molar-refractivity contribution < 1.29 is 13.3 Å². The Morgan fingerprint density at radius 3 is 0.630 bits per heavy atom. The Balaban J connectivity index is 3.22. The van der Waals surface area contributed by atoms with Crippen LogP contribution in [0.2, 0.25) is 6.04 Å². The number of hydrogen-bond acceptors (Lipinski definition) is 3. The molecule has 0 rings (SSSR count). The number of alkyl halides is 1. The van der Waals surface area contributed by atoms with Crippen LogP contribution in [0.15, 0.2) is 0 Å². The molecule has 0 atom stereocenters. The summed E-state index contributed by atoms with van der Waals surface area (Å²) in [7, 11) is -2.42. The monoisotopic (exact) mass is 689 g/mol. The van der Waals surface area contributed by atoms with E-state index in [0.29, 0.717) is 19.8 Å². The lowest BCUT2D eigenvalue weighted by Crippen LogP contribution is -2.45. The first-order valence-corrected chi connectivity index (χ1v) is 23.7. The maximum atomic E-state index is 5.97. The van der Waals surface area contributed by atoms with Crippen LogP contribution in [0.4, 0.5) is 0 Å². The molecule has 0 radical (unpaired) electrons. The first-order chi connectivity index (χ1) is 22.7. The summed E-state index contributed by atoms with van der Waals surface area (Å²) in [6.45, 7) is 8.19. The molecule has 0 aromatic carbocycles. The minimum absolute atomic E-state index is 0.685. The maximum Gasteiger partial charge on any atom is 0.500 e. The summed E-state index contributed by atoms with van der Waals surface area (Å²) in [6.07, 6.45) is 47.1. The lowest BCUT2D eigenvalue weighted by molar-refractivity contribution is 0.0706. The van der Waals surface area contributed by atoms with Crippen LogP contribution in [0.5, 0.6) is 0 Å². The van der Waals surface area contributed by atoms with E-state index >= 15 is 0 Å². The molecule has 5 heteroatoms. The molecule has 0 amide bonds. The molecule has 0 saturated heterocycles. The van der Waals surface area contributed by atoms with Gasteiger partial charge in [-0.1, -0.05) is 199 Å². The maximum absolute atomic E-state index is 5.97. The molecular formula is C41H85ClO3Si. The predicted molar refractivity (Wildman–Crippen MR) is 209 cm³/mol. The lowest BCUT2D eigenvalue weighted by Gasteiger charge is -2.28. The summed E-state index contributed by atoms with van der Waals surface area (Å²) in [5, 5.41) is 0. The molecule has 0 fully saturated rings. The molecule has 3 nitrogen and oxygen atoms in total. The average Bonchev–Trinajstić information content (AvgIpc) is 3.05. The van der Waals surface area contributed by atoms with Crippen molar-refractivity contribution in [2.45, 2.75) is 239 Å². The minimum Gasteiger partial charge on any atom is -0.374 e. The van der Waals surface area contributed by atoms with Crippen molar-refractivity contribution in [2.24, 2.45) is 0 Å². The number of unbranched alkanes of at least 4 members (excludes halogenated alkanes) is 32. The molecular weight excluding hydrogens is 604 g/mol. The smallest absolute Gasteiger partial charge is 0.374 e. The van der Waals surface area contributed by atoms with Gasteiger partial charge in [-0.15, -0.1) is 11.6 Å². The predicted octanol–water partition coefficient (Wildman–Crippen LogP) is 15.1. The van der Waals surface area contributed by atoms with Gasteiger partial charge in [0.25, 0.3) is 0 Å². The van der Waals surface area contributed by atoms with Crippen LogP contribution in [0.1, 0.15) is 233 Å². The van der Waals surface area contributed by atoms with Crippen LogP contribution >= 0.6 is 11.6 Å². The molecule has 0 N–H and O–H groups in total. The minimum atomic E-state index is -2.42. The van der Waals surface area contributed by atoms with Crippen molar-refractivity contribution >= 4 is 20.4 Å². The molecule has 278 valence electrons. The molecule has 0 aromatic rings. The molecule has 0 aliphatic rings. The van der Waals surface area contributed by atoms with Crippen molar-refractivity contribution in [1.82, 2.24) is 0 Å². The highest BCUT2D eigenvalue weighted by molar-refractivity contribution is 6.60. The zero-order chi connectivity index (χ0) is 33.5. The van der Waals surface area contributed by atoms with Crippen LogP contribution in [-0.2, 0) is 13.3 Å². The molecule has 0 aliphatic carbocycles. The largest absolute Gasteiger partial charge is 0.500 e. The van der Waals surface area contributed by atoms with Gasteiger partial charge < -0.3 is 13.3 Å². The first kappa shape index (κ1) is 46.4. The van der Waals surface area contributed by atoms with E-state index in [1.807, 2.05) is 20.8 Å². The van der Waals surface area contributed by atoms with Gasteiger partial charge in [0.15, 0.2) is 0 Å². The zero-order valence-corrected chi connectivity index (χ0v) is 33.7. The van der Waals surface area contributed by atoms with Gasteiger partial charge in [0.05, 0.1) is 0 Å². The average molecular weight is 690 g/mol. The number of halogens is 1. The Morgan fingerprint density at radius 2 is 0.457 bits per heavy atom. The van der Waals surface area contributed by atoms with E-state index < -0.39 is 8.80 Å². The Morgan fingerprint density at radius 1 is 0.283 bits per heavy atom. The Kier molecular flexibility index (Phi) is 40.2. The molecule has 46 heavy (non-hydrogen) atoms. The molecule has 0 bridgehead atoms. The normalized spacial score (nSPS) is 12.0. The van der Waals surface area contributed by atoms with Crippen molar-refractivity contribution in [3.8, 4) is 0 Å². The van der Waals surface area contributed by atoms with Crippen LogP contribution in [0.3, 0.4) is 0 Å². The van der Waals surface area contributed by atoms with Gasteiger partial charge >= 0.3 is 8.80 Å². The summed E-state index contributed by atoms with van der Waals surface area (Å²) in [4.78, 5) is 0. The second kappa shape index (κ2) is 39.8.